The van der Waals surface area contributed by atoms with Gasteiger partial charge in [-0.15, -0.1) is 0 Å². The zero-order valence-electron chi connectivity index (χ0n) is 7.28. The molecule has 80 valence electrons. The molecule has 1 rings (SSSR count). The molecule has 0 radical (unpaired) electrons. The molecule has 3 unspecified atom stereocenters. The molecule has 3 nitrogen and oxygen atoms in total. The Morgan fingerprint density at radius 3 is 2.57 bits per heavy atom. The Morgan fingerprint density at radius 1 is 1.50 bits per heavy atom. The molecule has 1 N–H and O–H groups in total. The Kier molecular flexibility index (Phi) is 2.84. The number of hydrogen-bond acceptors (Lipinski definition) is 3. The van der Waals surface area contributed by atoms with E-state index in [2.05, 4.69) is 4.74 Å². The Balaban J connectivity index is 2.90. The molecule has 0 amide bonds. The van der Waals surface area contributed by atoms with Gasteiger partial charge in [-0.25, -0.2) is 0 Å². The van der Waals surface area contributed by atoms with Gasteiger partial charge in [-0.2, -0.15) is 13.2 Å². The van der Waals surface area contributed by atoms with Crippen LogP contribution in [0.4, 0.5) is 13.2 Å². The number of hydrogen-bond donors (Lipinski definition) is 1. The van der Waals surface area contributed by atoms with E-state index in [9.17, 15) is 23.1 Å². The fourth-order valence-corrected chi connectivity index (χ4v) is 1.21. The zero-order chi connectivity index (χ0) is 10.9. The lowest BCUT2D eigenvalue weighted by Gasteiger charge is -2.25. The van der Waals surface area contributed by atoms with E-state index >= 15 is 0 Å². The number of carbonyl (C=O) groups is 1. The Hall–Kier alpha value is -1.04. The fourth-order valence-electron chi connectivity index (χ4n) is 1.21. The lowest BCUT2D eigenvalue weighted by atomic mass is 9.95. The molecule has 6 heteroatoms. The first-order valence-electron chi connectivity index (χ1n) is 3.94. The van der Waals surface area contributed by atoms with E-state index < -0.39 is 30.1 Å². The summed E-state index contributed by atoms with van der Waals surface area (Å²) in [6, 6.07) is 0. The minimum absolute atomic E-state index is 0.674. The second-order valence-corrected chi connectivity index (χ2v) is 3.11. The number of aliphatic hydroxyl groups excluding tert-OH is 1. The van der Waals surface area contributed by atoms with Crippen LogP contribution in [-0.4, -0.2) is 29.3 Å². The molecular weight excluding hydrogens is 201 g/mol. The smallest absolute Gasteiger partial charge is 0.425 e. The van der Waals surface area contributed by atoms with Crippen molar-refractivity contribution in [3.63, 3.8) is 0 Å². The third kappa shape index (κ3) is 2.06. The molecule has 0 saturated carbocycles. The van der Waals surface area contributed by atoms with Crippen LogP contribution in [0.5, 0.6) is 0 Å². The maximum Gasteiger partial charge on any atom is 0.425 e. The van der Waals surface area contributed by atoms with Gasteiger partial charge in [0.05, 0.1) is 6.26 Å². The molecule has 3 atom stereocenters. The monoisotopic (exact) mass is 210 g/mol. The van der Waals surface area contributed by atoms with Crippen LogP contribution in [-0.2, 0) is 9.53 Å². The number of carbonyl (C=O) groups excluding carboxylic acids is 1. The van der Waals surface area contributed by atoms with Gasteiger partial charge in [0.25, 0.3) is 0 Å². The van der Waals surface area contributed by atoms with Crippen LogP contribution in [0.2, 0.25) is 0 Å². The van der Waals surface area contributed by atoms with Gasteiger partial charge in [-0.05, 0) is 0 Å². The summed E-state index contributed by atoms with van der Waals surface area (Å²) in [5, 5.41) is 9.18. The normalized spacial score (nSPS) is 33.8. The van der Waals surface area contributed by atoms with E-state index in [0.717, 1.165) is 13.0 Å². The first-order valence-corrected chi connectivity index (χ1v) is 3.94. The first kappa shape index (κ1) is 11.0. The highest BCUT2D eigenvalue weighted by atomic mass is 19.4. The quantitative estimate of drug-likeness (QED) is 0.649. The zero-order valence-corrected chi connectivity index (χ0v) is 7.28. The van der Waals surface area contributed by atoms with E-state index in [4.69, 9.17) is 0 Å². The molecule has 14 heavy (non-hydrogen) atoms. The minimum Gasteiger partial charge on any atom is -0.488 e. The predicted octanol–water partition coefficient (Wildman–Crippen LogP) is 1.03. The van der Waals surface area contributed by atoms with Crippen LogP contribution in [0.1, 0.15) is 6.92 Å². The lowest BCUT2D eigenvalue weighted by molar-refractivity contribution is -0.225. The molecule has 0 aromatic carbocycles. The number of alkyl halides is 3. The van der Waals surface area contributed by atoms with Crippen LogP contribution >= 0.6 is 0 Å². The highest BCUT2D eigenvalue weighted by Crippen LogP contribution is 2.31. The van der Waals surface area contributed by atoms with Crippen LogP contribution in [0, 0.1) is 5.92 Å². The maximum absolute atomic E-state index is 12.3. The van der Waals surface area contributed by atoms with E-state index in [1.807, 2.05) is 0 Å². The molecule has 0 bridgehead atoms. The second-order valence-electron chi connectivity index (χ2n) is 3.11. The molecule has 1 heterocycles. The van der Waals surface area contributed by atoms with E-state index in [1.54, 1.807) is 0 Å². The van der Waals surface area contributed by atoms with Crippen molar-refractivity contribution in [2.24, 2.45) is 5.92 Å². The van der Waals surface area contributed by atoms with Crippen molar-refractivity contribution in [2.45, 2.75) is 25.3 Å². The Bertz CT molecular complexity index is 259. The number of halogens is 3. The third-order valence-corrected chi connectivity index (χ3v) is 2.05. The lowest BCUT2D eigenvalue weighted by Crippen LogP contribution is -2.42. The highest BCUT2D eigenvalue weighted by Gasteiger charge is 2.48. The topological polar surface area (TPSA) is 46.5 Å². The molecule has 0 saturated heterocycles. The summed E-state index contributed by atoms with van der Waals surface area (Å²) in [5.41, 5.74) is 0. The van der Waals surface area contributed by atoms with Gasteiger partial charge in [-0.1, -0.05) is 6.92 Å². The van der Waals surface area contributed by atoms with Gasteiger partial charge in [0.1, 0.15) is 6.10 Å². The number of ketones is 1. The van der Waals surface area contributed by atoms with Crippen LogP contribution in [0.3, 0.4) is 0 Å². The van der Waals surface area contributed by atoms with Gasteiger partial charge in [0.15, 0.2) is 11.9 Å². The molecular formula is C8H9F3O3. The average molecular weight is 210 g/mol. The second kappa shape index (κ2) is 3.61. The summed E-state index contributed by atoms with van der Waals surface area (Å²) in [7, 11) is 0. The summed E-state index contributed by atoms with van der Waals surface area (Å²) in [6.45, 7) is 1.12. The average Bonchev–Trinajstić information content (AvgIpc) is 2.17. The Labute approximate surface area is 78.2 Å². The van der Waals surface area contributed by atoms with E-state index in [0.29, 0.717) is 6.26 Å². The van der Waals surface area contributed by atoms with Crippen molar-refractivity contribution in [2.75, 3.05) is 0 Å². The maximum atomic E-state index is 12.3. The van der Waals surface area contributed by atoms with Gasteiger partial charge in [0, 0.05) is 12.0 Å². The predicted molar refractivity (Wildman–Crippen MR) is 40.2 cm³/mol. The highest BCUT2D eigenvalue weighted by molar-refractivity contribution is 5.93. The SMILES string of the molecule is CC1C(O)C(=O)C=COC1C(F)(F)F. The summed E-state index contributed by atoms with van der Waals surface area (Å²) in [4.78, 5) is 10.9. The van der Waals surface area contributed by atoms with Crippen molar-refractivity contribution in [3.8, 4) is 0 Å². The van der Waals surface area contributed by atoms with Crippen LogP contribution in [0.25, 0.3) is 0 Å². The largest absolute Gasteiger partial charge is 0.488 e. The first-order chi connectivity index (χ1) is 6.34. The molecule has 1 aliphatic rings. The fraction of sp³-hybridized carbons (Fsp3) is 0.625. The van der Waals surface area contributed by atoms with Gasteiger partial charge in [-0.3, -0.25) is 4.79 Å². The number of rotatable bonds is 0. The van der Waals surface area contributed by atoms with Gasteiger partial charge >= 0.3 is 6.18 Å². The standard InChI is InChI=1S/C8H9F3O3/c1-4-6(13)5(12)2-3-14-7(4)8(9,10)11/h2-4,6-7,13H,1H3. The van der Waals surface area contributed by atoms with Gasteiger partial charge < -0.3 is 9.84 Å². The van der Waals surface area contributed by atoms with Crippen molar-refractivity contribution < 1.29 is 27.8 Å². The molecule has 0 aromatic rings. The Morgan fingerprint density at radius 2 is 2.07 bits per heavy atom. The number of ether oxygens (including phenoxy) is 1. The van der Waals surface area contributed by atoms with Crippen molar-refractivity contribution in [3.05, 3.63) is 12.3 Å². The van der Waals surface area contributed by atoms with Crippen molar-refractivity contribution in [1.29, 1.82) is 0 Å². The third-order valence-electron chi connectivity index (χ3n) is 2.05. The molecule has 0 fully saturated rings. The van der Waals surface area contributed by atoms with Crippen molar-refractivity contribution in [1.82, 2.24) is 0 Å². The van der Waals surface area contributed by atoms with E-state index in [1.165, 1.54) is 0 Å². The van der Waals surface area contributed by atoms with Crippen LogP contribution < -0.4 is 0 Å². The molecule has 1 aliphatic heterocycles. The van der Waals surface area contributed by atoms with Gasteiger partial charge in [0.2, 0.25) is 0 Å². The summed E-state index contributed by atoms with van der Waals surface area (Å²) in [5.74, 6) is -2.08. The summed E-state index contributed by atoms with van der Waals surface area (Å²) >= 11 is 0. The minimum atomic E-state index is -4.59. The van der Waals surface area contributed by atoms with Crippen molar-refractivity contribution >= 4 is 5.78 Å². The molecule has 0 spiro atoms. The van der Waals surface area contributed by atoms with Crippen LogP contribution in [0.15, 0.2) is 12.3 Å². The molecule has 0 aliphatic carbocycles. The van der Waals surface area contributed by atoms with E-state index in [-0.39, 0.29) is 0 Å². The summed E-state index contributed by atoms with van der Waals surface area (Å²) < 4.78 is 41.2. The number of aliphatic hydroxyl groups is 1. The summed E-state index contributed by atoms with van der Waals surface area (Å²) in [6.07, 6.45) is -6.92. The molecule has 0 aromatic heterocycles.